The SMILES string of the molecule is COc1cccc([C@H](C(=O)NC2CCCCC2)N(C(=O)Cc2cccs2)c2cc(OC)cc(OC)c2)c1. The molecule has 1 N–H and O–H groups in total. The Hall–Kier alpha value is -3.52. The number of anilines is 1. The molecule has 1 atom stereocenters. The summed E-state index contributed by atoms with van der Waals surface area (Å²) in [6.45, 7) is 0. The molecule has 37 heavy (non-hydrogen) atoms. The van der Waals surface area contributed by atoms with Crippen LogP contribution in [0.4, 0.5) is 5.69 Å². The second kappa shape index (κ2) is 12.6. The van der Waals surface area contributed by atoms with Crippen LogP contribution >= 0.6 is 11.3 Å². The van der Waals surface area contributed by atoms with Crippen LogP contribution in [0.1, 0.15) is 48.6 Å². The smallest absolute Gasteiger partial charge is 0.248 e. The van der Waals surface area contributed by atoms with Gasteiger partial charge in [-0.05, 0) is 42.0 Å². The lowest BCUT2D eigenvalue weighted by molar-refractivity contribution is -0.127. The van der Waals surface area contributed by atoms with Crippen molar-refractivity contribution in [3.63, 3.8) is 0 Å². The van der Waals surface area contributed by atoms with Crippen LogP contribution in [0.2, 0.25) is 0 Å². The fourth-order valence-electron chi connectivity index (χ4n) is 4.77. The molecule has 7 nitrogen and oxygen atoms in total. The number of nitrogens with one attached hydrogen (secondary N) is 1. The maximum absolute atomic E-state index is 14.0. The van der Waals surface area contributed by atoms with Crippen molar-refractivity contribution in [1.82, 2.24) is 5.32 Å². The summed E-state index contributed by atoms with van der Waals surface area (Å²) in [5, 5.41) is 5.18. The Labute approximate surface area is 222 Å². The summed E-state index contributed by atoms with van der Waals surface area (Å²) in [6.07, 6.45) is 5.39. The molecule has 2 amide bonds. The highest BCUT2D eigenvalue weighted by Crippen LogP contribution is 2.36. The third-order valence-electron chi connectivity index (χ3n) is 6.66. The number of amides is 2. The minimum atomic E-state index is -0.915. The minimum absolute atomic E-state index is 0.0865. The molecule has 0 aliphatic heterocycles. The second-order valence-electron chi connectivity index (χ2n) is 9.11. The normalized spacial score (nSPS) is 14.5. The van der Waals surface area contributed by atoms with E-state index in [1.54, 1.807) is 44.4 Å². The zero-order chi connectivity index (χ0) is 26.2. The van der Waals surface area contributed by atoms with E-state index in [1.807, 2.05) is 41.8 Å². The van der Waals surface area contributed by atoms with E-state index in [9.17, 15) is 9.59 Å². The second-order valence-corrected chi connectivity index (χ2v) is 10.1. The molecule has 8 heteroatoms. The Morgan fingerprint density at radius 3 is 2.24 bits per heavy atom. The van der Waals surface area contributed by atoms with Crippen LogP contribution in [0.25, 0.3) is 0 Å². The van der Waals surface area contributed by atoms with Gasteiger partial charge in [-0.1, -0.05) is 37.5 Å². The molecule has 0 radical (unpaired) electrons. The van der Waals surface area contributed by atoms with Crippen LogP contribution < -0.4 is 24.4 Å². The van der Waals surface area contributed by atoms with E-state index in [0.717, 1.165) is 30.6 Å². The summed E-state index contributed by atoms with van der Waals surface area (Å²) < 4.78 is 16.5. The molecule has 1 saturated carbocycles. The molecule has 1 aliphatic rings. The molecule has 1 heterocycles. The number of benzene rings is 2. The molecule has 4 rings (SSSR count). The molecule has 1 fully saturated rings. The quantitative estimate of drug-likeness (QED) is 0.378. The summed E-state index contributed by atoms with van der Waals surface area (Å²) in [6, 6.07) is 15.6. The summed E-state index contributed by atoms with van der Waals surface area (Å²) in [5.74, 6) is 1.24. The third-order valence-corrected chi connectivity index (χ3v) is 7.53. The summed E-state index contributed by atoms with van der Waals surface area (Å²) in [4.78, 5) is 30.5. The standard InChI is InChI=1S/C29H34N2O5S/c1-34-23-12-7-9-20(15-23)28(29(33)30-21-10-5-4-6-11-21)31(27(32)19-26-13-8-14-37-26)22-16-24(35-2)18-25(17-22)36-3/h7-9,12-18,21,28H,4-6,10-11,19H2,1-3H3,(H,30,33)/t28-/m1/s1. The number of hydrogen-bond acceptors (Lipinski definition) is 6. The number of thiophene rings is 1. The summed E-state index contributed by atoms with van der Waals surface area (Å²) in [5.41, 5.74) is 1.18. The van der Waals surface area contributed by atoms with Crippen LogP contribution in [0.5, 0.6) is 17.2 Å². The number of ether oxygens (including phenoxy) is 3. The maximum atomic E-state index is 14.0. The van der Waals surface area contributed by atoms with Gasteiger partial charge in [-0.3, -0.25) is 14.5 Å². The van der Waals surface area contributed by atoms with Gasteiger partial charge >= 0.3 is 0 Å². The Balaban J connectivity index is 1.82. The first-order chi connectivity index (χ1) is 18.0. The lowest BCUT2D eigenvalue weighted by Crippen LogP contribution is -2.47. The molecule has 1 aliphatic carbocycles. The van der Waals surface area contributed by atoms with Crippen molar-refractivity contribution in [2.45, 2.75) is 50.6 Å². The van der Waals surface area contributed by atoms with Gasteiger partial charge in [-0.25, -0.2) is 0 Å². The first-order valence-corrected chi connectivity index (χ1v) is 13.4. The molecule has 3 aromatic rings. The first kappa shape index (κ1) is 26.5. The van der Waals surface area contributed by atoms with Crippen LogP contribution in [0.15, 0.2) is 60.0 Å². The Morgan fingerprint density at radius 2 is 1.62 bits per heavy atom. The van der Waals surface area contributed by atoms with Gasteiger partial charge in [0.05, 0.1) is 33.4 Å². The summed E-state index contributed by atoms with van der Waals surface area (Å²) in [7, 11) is 4.71. The van der Waals surface area contributed by atoms with Crippen LogP contribution in [0.3, 0.4) is 0 Å². The number of rotatable bonds is 10. The lowest BCUT2D eigenvalue weighted by atomic mass is 9.94. The number of nitrogens with zero attached hydrogens (tertiary/aromatic N) is 1. The van der Waals surface area contributed by atoms with Crippen molar-refractivity contribution < 1.29 is 23.8 Å². The highest BCUT2D eigenvalue weighted by molar-refractivity contribution is 7.10. The number of carbonyl (C=O) groups excluding carboxylic acids is 2. The van der Waals surface area contributed by atoms with E-state index in [2.05, 4.69) is 5.32 Å². The zero-order valence-corrected chi connectivity index (χ0v) is 22.4. The van der Waals surface area contributed by atoms with Gasteiger partial charge in [0.25, 0.3) is 0 Å². The van der Waals surface area contributed by atoms with Crippen LogP contribution in [-0.2, 0) is 16.0 Å². The van der Waals surface area contributed by atoms with Gasteiger partial charge in [0.1, 0.15) is 23.3 Å². The predicted molar refractivity (Wildman–Crippen MR) is 146 cm³/mol. The molecule has 1 aromatic heterocycles. The van der Waals surface area contributed by atoms with Gasteiger partial charge in [-0.2, -0.15) is 0 Å². The van der Waals surface area contributed by atoms with Gasteiger partial charge in [0.2, 0.25) is 11.8 Å². The van der Waals surface area contributed by atoms with Crippen molar-refractivity contribution in [3.8, 4) is 17.2 Å². The zero-order valence-electron chi connectivity index (χ0n) is 21.6. The molecule has 196 valence electrons. The molecule has 0 unspecified atom stereocenters. The van der Waals surface area contributed by atoms with Crippen molar-refractivity contribution in [1.29, 1.82) is 0 Å². The highest BCUT2D eigenvalue weighted by atomic mass is 32.1. The van der Waals surface area contributed by atoms with Crippen molar-refractivity contribution in [2.24, 2.45) is 0 Å². The molecule has 0 bridgehead atoms. The van der Waals surface area contributed by atoms with E-state index >= 15 is 0 Å². The molecular weight excluding hydrogens is 488 g/mol. The van der Waals surface area contributed by atoms with Gasteiger partial charge < -0.3 is 19.5 Å². The predicted octanol–water partition coefficient (Wildman–Crippen LogP) is 5.54. The van der Waals surface area contributed by atoms with Crippen LogP contribution in [-0.4, -0.2) is 39.2 Å². The van der Waals surface area contributed by atoms with Gasteiger partial charge in [-0.15, -0.1) is 11.3 Å². The molecular formula is C29H34N2O5S. The van der Waals surface area contributed by atoms with Gasteiger partial charge in [0, 0.05) is 29.1 Å². The Morgan fingerprint density at radius 1 is 0.919 bits per heavy atom. The van der Waals surface area contributed by atoms with Crippen molar-refractivity contribution in [3.05, 3.63) is 70.4 Å². The largest absolute Gasteiger partial charge is 0.497 e. The fourth-order valence-corrected chi connectivity index (χ4v) is 5.47. The van der Waals surface area contributed by atoms with Crippen molar-refractivity contribution >= 4 is 28.8 Å². The third kappa shape index (κ3) is 6.63. The van der Waals surface area contributed by atoms with E-state index in [0.29, 0.717) is 28.5 Å². The Kier molecular flexibility index (Phi) is 9.06. The van der Waals surface area contributed by atoms with Crippen LogP contribution in [0, 0.1) is 0 Å². The lowest BCUT2D eigenvalue weighted by Gasteiger charge is -2.34. The fraction of sp³-hybridized carbons (Fsp3) is 0.379. The summed E-state index contributed by atoms with van der Waals surface area (Å²) >= 11 is 1.51. The van der Waals surface area contributed by atoms with E-state index in [-0.39, 0.29) is 24.3 Å². The Bertz CT molecular complexity index is 1170. The topological polar surface area (TPSA) is 77.1 Å². The number of carbonyl (C=O) groups is 2. The average Bonchev–Trinajstić information content (AvgIpc) is 3.44. The first-order valence-electron chi connectivity index (χ1n) is 12.5. The average molecular weight is 523 g/mol. The van der Waals surface area contributed by atoms with E-state index in [1.165, 1.54) is 17.8 Å². The number of methoxy groups -OCH3 is 3. The maximum Gasteiger partial charge on any atom is 0.248 e. The molecule has 2 aromatic carbocycles. The van der Waals surface area contributed by atoms with Crippen molar-refractivity contribution in [2.75, 3.05) is 26.2 Å². The molecule has 0 saturated heterocycles. The number of hydrogen-bond donors (Lipinski definition) is 1. The monoisotopic (exact) mass is 522 g/mol. The highest BCUT2D eigenvalue weighted by Gasteiger charge is 2.35. The molecule has 0 spiro atoms. The van der Waals surface area contributed by atoms with E-state index in [4.69, 9.17) is 14.2 Å². The minimum Gasteiger partial charge on any atom is -0.497 e. The van der Waals surface area contributed by atoms with E-state index < -0.39 is 6.04 Å². The van der Waals surface area contributed by atoms with Gasteiger partial charge in [0.15, 0.2) is 0 Å².